The number of aromatic nitrogens is 3. The van der Waals surface area contributed by atoms with Crippen molar-refractivity contribution in [1.29, 1.82) is 0 Å². The fraction of sp³-hybridized carbons (Fsp3) is 0.385. The lowest BCUT2D eigenvalue weighted by molar-refractivity contribution is 0.277. The Bertz CT molecular complexity index is 561. The summed E-state index contributed by atoms with van der Waals surface area (Å²) in [4.78, 5) is 0. The minimum atomic E-state index is -0.541. The van der Waals surface area contributed by atoms with E-state index in [2.05, 4.69) is 15.6 Å². The van der Waals surface area contributed by atoms with Crippen molar-refractivity contribution in [3.63, 3.8) is 0 Å². The molecular weight excluding hydrogens is 283 g/mol. The van der Waals surface area contributed by atoms with Gasteiger partial charge in [-0.3, -0.25) is 0 Å². The van der Waals surface area contributed by atoms with Gasteiger partial charge in [0.2, 0.25) is 0 Å². The van der Waals surface area contributed by atoms with Gasteiger partial charge in [-0.15, -0.1) is 5.10 Å². The van der Waals surface area contributed by atoms with Gasteiger partial charge in [0.25, 0.3) is 0 Å². The molecule has 0 aliphatic carbocycles. The molecule has 1 N–H and O–H groups in total. The van der Waals surface area contributed by atoms with Crippen LogP contribution >= 0.6 is 11.6 Å². The number of nitrogens with one attached hydrogen (secondary N) is 1. The molecule has 20 heavy (non-hydrogen) atoms. The molecule has 0 saturated carbocycles. The summed E-state index contributed by atoms with van der Waals surface area (Å²) in [7, 11) is 0. The summed E-state index contributed by atoms with van der Waals surface area (Å²) in [6.07, 6.45) is 1.83. The van der Waals surface area contributed by atoms with E-state index in [0.29, 0.717) is 19.7 Å². The van der Waals surface area contributed by atoms with Gasteiger partial charge in [0.15, 0.2) is 11.6 Å². The molecule has 7 heteroatoms. The standard InChI is InChI=1S/C13H16ClFN4O/c1-2-16-8-10-9-19(18-17-10)6-7-20-12-5-3-4-11(14)13(12)15/h3-5,9,16H,2,6-8H2,1H3. The van der Waals surface area contributed by atoms with Gasteiger partial charge < -0.3 is 10.1 Å². The molecule has 0 saturated heterocycles. The monoisotopic (exact) mass is 298 g/mol. The van der Waals surface area contributed by atoms with E-state index in [1.807, 2.05) is 13.1 Å². The summed E-state index contributed by atoms with van der Waals surface area (Å²) in [5, 5.41) is 11.2. The molecule has 1 aromatic heterocycles. The number of halogens is 2. The third kappa shape index (κ3) is 3.91. The Labute approximate surface area is 121 Å². The van der Waals surface area contributed by atoms with Crippen molar-refractivity contribution in [2.75, 3.05) is 13.2 Å². The van der Waals surface area contributed by atoms with Gasteiger partial charge in [-0.1, -0.05) is 29.8 Å². The van der Waals surface area contributed by atoms with E-state index in [0.717, 1.165) is 12.2 Å². The van der Waals surface area contributed by atoms with E-state index >= 15 is 0 Å². The number of ether oxygens (including phenoxy) is 1. The van der Waals surface area contributed by atoms with Crippen LogP contribution in [-0.2, 0) is 13.1 Å². The first-order valence-corrected chi connectivity index (χ1v) is 6.75. The zero-order valence-corrected chi connectivity index (χ0v) is 11.9. The lowest BCUT2D eigenvalue weighted by Gasteiger charge is -2.07. The maximum atomic E-state index is 13.6. The number of hydrogen-bond donors (Lipinski definition) is 1. The zero-order valence-electron chi connectivity index (χ0n) is 11.1. The highest BCUT2D eigenvalue weighted by Gasteiger charge is 2.07. The summed E-state index contributed by atoms with van der Waals surface area (Å²) >= 11 is 5.67. The van der Waals surface area contributed by atoms with Gasteiger partial charge in [0, 0.05) is 12.7 Å². The van der Waals surface area contributed by atoms with Gasteiger partial charge in [-0.05, 0) is 18.7 Å². The van der Waals surface area contributed by atoms with Crippen LogP contribution in [0, 0.1) is 5.82 Å². The third-order valence-electron chi connectivity index (χ3n) is 2.64. The molecule has 1 aromatic carbocycles. The molecule has 0 spiro atoms. The van der Waals surface area contributed by atoms with Gasteiger partial charge in [0.05, 0.1) is 17.3 Å². The Kier molecular flexibility index (Phi) is 5.31. The lowest BCUT2D eigenvalue weighted by atomic mass is 10.3. The second-order valence-electron chi connectivity index (χ2n) is 4.15. The smallest absolute Gasteiger partial charge is 0.183 e. The highest BCUT2D eigenvalue weighted by Crippen LogP contribution is 2.23. The van der Waals surface area contributed by atoms with Crippen molar-refractivity contribution in [1.82, 2.24) is 20.3 Å². The van der Waals surface area contributed by atoms with Crippen molar-refractivity contribution in [3.05, 3.63) is 40.9 Å². The zero-order chi connectivity index (χ0) is 14.4. The van der Waals surface area contributed by atoms with Crippen LogP contribution in [0.25, 0.3) is 0 Å². The van der Waals surface area contributed by atoms with Crippen LogP contribution in [-0.4, -0.2) is 28.1 Å². The molecule has 0 bridgehead atoms. The van der Waals surface area contributed by atoms with Crippen molar-refractivity contribution < 1.29 is 9.13 Å². The Morgan fingerprint density at radius 3 is 3.10 bits per heavy atom. The molecule has 5 nitrogen and oxygen atoms in total. The predicted octanol–water partition coefficient (Wildman–Crippen LogP) is 2.26. The van der Waals surface area contributed by atoms with Gasteiger partial charge >= 0.3 is 0 Å². The molecule has 0 atom stereocenters. The highest BCUT2D eigenvalue weighted by atomic mass is 35.5. The number of hydrogen-bond acceptors (Lipinski definition) is 4. The Morgan fingerprint density at radius 2 is 2.30 bits per heavy atom. The lowest BCUT2D eigenvalue weighted by Crippen LogP contribution is -2.12. The maximum absolute atomic E-state index is 13.6. The molecule has 1 heterocycles. The van der Waals surface area contributed by atoms with Gasteiger partial charge in [-0.2, -0.15) is 0 Å². The average Bonchev–Trinajstić information content (AvgIpc) is 2.89. The van der Waals surface area contributed by atoms with Gasteiger partial charge in [-0.25, -0.2) is 9.07 Å². The van der Waals surface area contributed by atoms with Crippen LogP contribution in [0.3, 0.4) is 0 Å². The quantitative estimate of drug-likeness (QED) is 0.852. The summed E-state index contributed by atoms with van der Waals surface area (Å²) in [6.45, 7) is 4.37. The highest BCUT2D eigenvalue weighted by molar-refractivity contribution is 6.30. The van der Waals surface area contributed by atoms with E-state index in [1.54, 1.807) is 16.8 Å². The van der Waals surface area contributed by atoms with E-state index in [-0.39, 0.29) is 10.8 Å². The van der Waals surface area contributed by atoms with E-state index in [4.69, 9.17) is 16.3 Å². The first kappa shape index (κ1) is 14.7. The predicted molar refractivity (Wildman–Crippen MR) is 74.3 cm³/mol. The second-order valence-corrected chi connectivity index (χ2v) is 4.56. The molecule has 108 valence electrons. The van der Waals surface area contributed by atoms with Crippen LogP contribution in [0.5, 0.6) is 5.75 Å². The van der Waals surface area contributed by atoms with E-state index in [9.17, 15) is 4.39 Å². The average molecular weight is 299 g/mol. The van der Waals surface area contributed by atoms with Crippen LogP contribution in [0.1, 0.15) is 12.6 Å². The number of benzene rings is 1. The van der Waals surface area contributed by atoms with E-state index < -0.39 is 5.82 Å². The minimum Gasteiger partial charge on any atom is -0.489 e. The SMILES string of the molecule is CCNCc1cn(CCOc2cccc(Cl)c2F)nn1. The van der Waals surface area contributed by atoms with Crippen molar-refractivity contribution in [2.24, 2.45) is 0 Å². The summed E-state index contributed by atoms with van der Waals surface area (Å²) < 4.78 is 20.6. The molecule has 0 radical (unpaired) electrons. The fourth-order valence-electron chi connectivity index (χ4n) is 1.63. The topological polar surface area (TPSA) is 52.0 Å². The van der Waals surface area contributed by atoms with Crippen LogP contribution < -0.4 is 10.1 Å². The molecule has 0 fully saturated rings. The van der Waals surface area contributed by atoms with Crippen LogP contribution in [0.4, 0.5) is 4.39 Å². The molecule has 0 amide bonds. The molecule has 2 aromatic rings. The van der Waals surface area contributed by atoms with Crippen molar-refractivity contribution >= 4 is 11.6 Å². The molecule has 0 aliphatic heterocycles. The Hall–Kier alpha value is -1.66. The number of nitrogens with zero attached hydrogens (tertiary/aromatic N) is 3. The third-order valence-corrected chi connectivity index (χ3v) is 2.93. The minimum absolute atomic E-state index is 0.0520. The maximum Gasteiger partial charge on any atom is 0.183 e. The summed E-state index contributed by atoms with van der Waals surface area (Å²) in [6, 6.07) is 4.66. The van der Waals surface area contributed by atoms with E-state index in [1.165, 1.54) is 6.07 Å². The van der Waals surface area contributed by atoms with Crippen LogP contribution in [0.15, 0.2) is 24.4 Å². The fourth-order valence-corrected chi connectivity index (χ4v) is 1.79. The largest absolute Gasteiger partial charge is 0.489 e. The Morgan fingerprint density at radius 1 is 1.45 bits per heavy atom. The first-order valence-electron chi connectivity index (χ1n) is 6.37. The summed E-state index contributed by atoms with van der Waals surface area (Å²) in [5.41, 5.74) is 0.862. The van der Waals surface area contributed by atoms with Crippen LogP contribution in [0.2, 0.25) is 5.02 Å². The molecule has 0 aliphatic rings. The van der Waals surface area contributed by atoms with Crippen molar-refractivity contribution in [3.8, 4) is 5.75 Å². The van der Waals surface area contributed by atoms with Crippen molar-refractivity contribution in [2.45, 2.75) is 20.0 Å². The Balaban J connectivity index is 1.83. The molecule has 2 rings (SSSR count). The second kappa shape index (κ2) is 7.21. The number of rotatable bonds is 7. The summed E-state index contributed by atoms with van der Waals surface area (Å²) in [5.74, 6) is -0.397. The first-order chi connectivity index (χ1) is 9.70. The molecular formula is C13H16ClFN4O. The normalized spacial score (nSPS) is 10.8. The van der Waals surface area contributed by atoms with Gasteiger partial charge in [0.1, 0.15) is 6.61 Å². The molecule has 0 unspecified atom stereocenters.